The van der Waals surface area contributed by atoms with Gasteiger partial charge in [-0.05, 0) is 109 Å². The molecule has 4 heteroatoms. The number of amides is 1. The van der Waals surface area contributed by atoms with Crippen molar-refractivity contribution in [3.8, 4) is 0 Å². The molecular formula is C50H77NO3. The van der Waals surface area contributed by atoms with Gasteiger partial charge < -0.3 is 15.5 Å². The van der Waals surface area contributed by atoms with Gasteiger partial charge >= 0.3 is 0 Å². The molecule has 1 amide bonds. The lowest BCUT2D eigenvalue weighted by atomic mass is 10.1. The van der Waals surface area contributed by atoms with Crippen LogP contribution >= 0.6 is 0 Å². The maximum atomic E-state index is 12.3. The zero-order valence-electron chi connectivity index (χ0n) is 34.2. The van der Waals surface area contributed by atoms with Gasteiger partial charge in [0.05, 0.1) is 18.8 Å². The molecule has 2 atom stereocenters. The molecule has 0 rings (SSSR count). The topological polar surface area (TPSA) is 69.6 Å². The summed E-state index contributed by atoms with van der Waals surface area (Å²) in [6, 6.07) is -0.673. The lowest BCUT2D eigenvalue weighted by Crippen LogP contribution is -2.45. The first kappa shape index (κ1) is 50.3. The van der Waals surface area contributed by atoms with Crippen molar-refractivity contribution in [2.24, 2.45) is 0 Å². The normalized spacial score (nSPS) is 14.5. The first-order valence-corrected chi connectivity index (χ1v) is 21.0. The molecule has 0 fully saturated rings. The Balaban J connectivity index is 3.79. The number of allylic oxidation sites excluding steroid dienone is 23. The van der Waals surface area contributed by atoms with Crippen LogP contribution in [0.1, 0.15) is 142 Å². The van der Waals surface area contributed by atoms with E-state index in [2.05, 4.69) is 153 Å². The Bertz CT molecular complexity index is 1200. The summed E-state index contributed by atoms with van der Waals surface area (Å²) < 4.78 is 0. The summed E-state index contributed by atoms with van der Waals surface area (Å²) in [5.41, 5.74) is 0. The minimum absolute atomic E-state index is 0.121. The number of aliphatic hydroxyl groups excluding tert-OH is 2. The lowest BCUT2D eigenvalue weighted by Gasteiger charge is -2.19. The minimum Gasteiger partial charge on any atom is -0.394 e. The van der Waals surface area contributed by atoms with Gasteiger partial charge in [0.2, 0.25) is 5.91 Å². The molecule has 0 bridgehead atoms. The van der Waals surface area contributed by atoms with Gasteiger partial charge in [0.25, 0.3) is 0 Å². The van der Waals surface area contributed by atoms with Gasteiger partial charge in [0.1, 0.15) is 0 Å². The Morgan fingerprint density at radius 2 is 0.833 bits per heavy atom. The molecule has 54 heavy (non-hydrogen) atoms. The monoisotopic (exact) mass is 740 g/mol. The Morgan fingerprint density at radius 1 is 0.463 bits per heavy atom. The van der Waals surface area contributed by atoms with Crippen LogP contribution in [-0.2, 0) is 4.79 Å². The van der Waals surface area contributed by atoms with Gasteiger partial charge in [-0.1, -0.05) is 173 Å². The number of carbonyl (C=O) groups excluding carboxylic acids is 1. The molecule has 0 aliphatic heterocycles. The average Bonchev–Trinajstić information content (AvgIpc) is 3.18. The Morgan fingerprint density at radius 3 is 1.24 bits per heavy atom. The highest BCUT2D eigenvalue weighted by Crippen LogP contribution is 2.07. The van der Waals surface area contributed by atoms with Crippen LogP contribution in [0.5, 0.6) is 0 Å². The van der Waals surface area contributed by atoms with Crippen LogP contribution < -0.4 is 5.32 Å². The van der Waals surface area contributed by atoms with E-state index in [0.29, 0.717) is 6.42 Å². The van der Waals surface area contributed by atoms with E-state index < -0.39 is 12.1 Å². The summed E-state index contributed by atoms with van der Waals surface area (Å²) in [4.78, 5) is 12.3. The molecule has 0 aliphatic carbocycles. The van der Waals surface area contributed by atoms with E-state index in [1.54, 1.807) is 6.08 Å². The summed E-state index contributed by atoms with van der Waals surface area (Å²) in [5, 5.41) is 22.8. The number of unbranched alkanes of at least 4 members (excludes halogenated alkanes) is 6. The predicted molar refractivity (Wildman–Crippen MR) is 238 cm³/mol. The van der Waals surface area contributed by atoms with Gasteiger partial charge in [-0.15, -0.1) is 0 Å². The molecule has 0 saturated carbocycles. The second kappa shape index (κ2) is 43.7. The second-order valence-electron chi connectivity index (χ2n) is 13.3. The molecule has 300 valence electrons. The van der Waals surface area contributed by atoms with E-state index in [0.717, 1.165) is 116 Å². The number of hydrogen-bond acceptors (Lipinski definition) is 3. The zero-order valence-corrected chi connectivity index (χ0v) is 34.2. The van der Waals surface area contributed by atoms with Crippen molar-refractivity contribution in [3.63, 3.8) is 0 Å². The molecule has 0 aliphatic rings. The molecule has 0 aromatic rings. The van der Waals surface area contributed by atoms with Crippen molar-refractivity contribution in [1.29, 1.82) is 0 Å². The first-order valence-electron chi connectivity index (χ1n) is 21.0. The summed E-state index contributed by atoms with van der Waals surface area (Å²) >= 11 is 0. The molecular weight excluding hydrogens is 663 g/mol. The van der Waals surface area contributed by atoms with Crippen molar-refractivity contribution in [2.45, 2.75) is 154 Å². The maximum Gasteiger partial charge on any atom is 0.220 e. The van der Waals surface area contributed by atoms with Crippen LogP contribution in [0, 0.1) is 0 Å². The van der Waals surface area contributed by atoms with Crippen molar-refractivity contribution < 1.29 is 15.0 Å². The highest BCUT2D eigenvalue weighted by atomic mass is 16.3. The molecule has 4 nitrogen and oxygen atoms in total. The fourth-order valence-corrected chi connectivity index (χ4v) is 5.09. The molecule has 3 N–H and O–H groups in total. The smallest absolute Gasteiger partial charge is 0.220 e. The van der Waals surface area contributed by atoms with Gasteiger partial charge in [0, 0.05) is 6.42 Å². The molecule has 0 spiro atoms. The highest BCUT2D eigenvalue weighted by Gasteiger charge is 2.17. The SMILES string of the molecule is CC/C=C\C/C=C\C/C=C\C/C=C\C/C=C\C/C=C\C/C=C\C/C=C\C/C=C\CCCCCC(=O)NC(CO)C(O)/C=C/CC/C=C/CC/C=C/CCC. The van der Waals surface area contributed by atoms with Crippen LogP contribution in [-0.4, -0.2) is 34.9 Å². The fourth-order valence-electron chi connectivity index (χ4n) is 5.09. The van der Waals surface area contributed by atoms with Gasteiger partial charge in [0.15, 0.2) is 0 Å². The lowest BCUT2D eigenvalue weighted by molar-refractivity contribution is -0.123. The summed E-state index contributed by atoms with van der Waals surface area (Å²) in [5.74, 6) is -0.121. The van der Waals surface area contributed by atoms with Gasteiger partial charge in [-0.3, -0.25) is 4.79 Å². The number of hydrogen-bond donors (Lipinski definition) is 3. The maximum absolute atomic E-state index is 12.3. The quantitative estimate of drug-likeness (QED) is 0.0448. The summed E-state index contributed by atoms with van der Waals surface area (Å²) in [7, 11) is 0. The zero-order chi connectivity index (χ0) is 39.3. The van der Waals surface area contributed by atoms with E-state index in [4.69, 9.17) is 0 Å². The number of rotatable bonds is 35. The molecule has 0 saturated heterocycles. The molecule has 0 radical (unpaired) electrons. The van der Waals surface area contributed by atoms with Crippen LogP contribution in [0.4, 0.5) is 0 Å². The van der Waals surface area contributed by atoms with Crippen LogP contribution in [0.2, 0.25) is 0 Å². The predicted octanol–water partition coefficient (Wildman–Crippen LogP) is 13.3. The van der Waals surface area contributed by atoms with Gasteiger partial charge in [-0.25, -0.2) is 0 Å². The first-order chi connectivity index (χ1) is 26.7. The number of aliphatic hydroxyl groups is 2. The van der Waals surface area contributed by atoms with E-state index >= 15 is 0 Å². The number of nitrogens with one attached hydrogen (secondary N) is 1. The molecule has 0 aromatic carbocycles. The molecule has 0 heterocycles. The summed E-state index contributed by atoms with van der Waals surface area (Å²) in [6.07, 6.45) is 70.9. The van der Waals surface area contributed by atoms with Crippen LogP contribution in [0.3, 0.4) is 0 Å². The van der Waals surface area contributed by atoms with E-state index in [-0.39, 0.29) is 12.5 Å². The Hall–Kier alpha value is -3.73. The van der Waals surface area contributed by atoms with Crippen molar-refractivity contribution >= 4 is 5.91 Å². The van der Waals surface area contributed by atoms with E-state index in [9.17, 15) is 15.0 Å². The largest absolute Gasteiger partial charge is 0.394 e. The van der Waals surface area contributed by atoms with E-state index in [1.165, 1.54) is 6.42 Å². The van der Waals surface area contributed by atoms with Gasteiger partial charge in [-0.2, -0.15) is 0 Å². The van der Waals surface area contributed by atoms with E-state index in [1.807, 2.05) is 6.08 Å². The molecule has 2 unspecified atom stereocenters. The average molecular weight is 740 g/mol. The third kappa shape index (κ3) is 39.5. The third-order valence-corrected chi connectivity index (χ3v) is 8.26. The van der Waals surface area contributed by atoms with Crippen LogP contribution in [0.25, 0.3) is 0 Å². The summed E-state index contributed by atoms with van der Waals surface area (Å²) in [6.45, 7) is 4.06. The van der Waals surface area contributed by atoms with Crippen LogP contribution in [0.15, 0.2) is 146 Å². The van der Waals surface area contributed by atoms with Crippen molar-refractivity contribution in [3.05, 3.63) is 146 Å². The Labute approximate surface area is 332 Å². The third-order valence-electron chi connectivity index (χ3n) is 8.26. The standard InChI is InChI=1S/C50H77NO3/c1-3-5-7-9-11-13-15-16-17-18-19-20-21-22-23-24-25-26-27-28-29-30-31-32-33-34-36-38-40-42-44-46-50(54)51-48(47-52)49(53)45-43-41-39-37-35-14-12-10-8-6-4-2/h5,7-8,10-11,13,16-17,19-20,22-23,25-26,28-29,31-32,34-37,43,45,48-49,52-53H,3-4,6,9,12,14-15,18,21,24,27,30,33,38-42,44,46-47H2,1-2H3,(H,51,54)/b7-5-,10-8+,13-11-,17-16-,20-19-,23-22-,26-25-,29-28-,32-31-,36-34-,37-35+,45-43+. The number of carbonyl (C=O) groups is 1. The highest BCUT2D eigenvalue weighted by molar-refractivity contribution is 5.76. The molecule has 0 aromatic heterocycles. The van der Waals surface area contributed by atoms with Crippen molar-refractivity contribution in [2.75, 3.05) is 6.61 Å². The second-order valence-corrected chi connectivity index (χ2v) is 13.3. The minimum atomic E-state index is -0.893. The Kier molecular flexibility index (Phi) is 40.7. The fraction of sp³-hybridized carbons (Fsp3) is 0.500. The van der Waals surface area contributed by atoms with Crippen molar-refractivity contribution in [1.82, 2.24) is 5.32 Å².